The zero-order valence-corrected chi connectivity index (χ0v) is 7.51. The quantitative estimate of drug-likeness (QED) is 0.451. The predicted octanol–water partition coefficient (Wildman–Crippen LogP) is 2.09. The summed E-state index contributed by atoms with van der Waals surface area (Å²) in [7, 11) is 0. The molecule has 1 aromatic rings. The number of aromatic hydroxyl groups is 1. The summed E-state index contributed by atoms with van der Waals surface area (Å²) in [5.41, 5.74) is 0.809. The Bertz CT molecular complexity index is 349. The van der Waals surface area contributed by atoms with Crippen LogP contribution in [0.1, 0.15) is 5.56 Å². The van der Waals surface area contributed by atoms with Crippen LogP contribution in [0.3, 0.4) is 0 Å². The van der Waals surface area contributed by atoms with Gasteiger partial charge in [0.05, 0.1) is 6.26 Å². The van der Waals surface area contributed by atoms with Crippen molar-refractivity contribution in [3.63, 3.8) is 0 Å². The molecular formula is C11H10O3. The van der Waals surface area contributed by atoms with Crippen LogP contribution in [-0.4, -0.2) is 11.1 Å². The van der Waals surface area contributed by atoms with E-state index in [2.05, 4.69) is 11.3 Å². The summed E-state index contributed by atoms with van der Waals surface area (Å²) in [5.74, 6) is -0.288. The van der Waals surface area contributed by atoms with Gasteiger partial charge < -0.3 is 9.84 Å². The molecule has 0 saturated carbocycles. The molecule has 0 aliphatic heterocycles. The van der Waals surface area contributed by atoms with Crippen molar-refractivity contribution in [1.82, 2.24) is 0 Å². The first-order valence-electron chi connectivity index (χ1n) is 4.01. The zero-order valence-electron chi connectivity index (χ0n) is 7.51. The second-order valence-electron chi connectivity index (χ2n) is 2.53. The minimum atomic E-state index is -0.479. The molecule has 1 rings (SSSR count). The predicted molar refractivity (Wildman–Crippen MR) is 53.4 cm³/mol. The van der Waals surface area contributed by atoms with Gasteiger partial charge in [0.1, 0.15) is 5.75 Å². The molecule has 0 bridgehead atoms. The summed E-state index contributed by atoms with van der Waals surface area (Å²) in [6, 6.07) is 6.46. The average Bonchev–Trinajstić information content (AvgIpc) is 2.17. The maximum absolute atomic E-state index is 10.9. The molecule has 0 spiro atoms. The number of rotatable bonds is 3. The highest BCUT2D eigenvalue weighted by atomic mass is 16.5. The maximum Gasteiger partial charge on any atom is 0.335 e. The Balaban J connectivity index is 2.64. The number of carbonyl (C=O) groups is 1. The molecule has 1 aromatic carbocycles. The smallest absolute Gasteiger partial charge is 0.335 e. The van der Waals surface area contributed by atoms with E-state index in [9.17, 15) is 4.79 Å². The lowest BCUT2D eigenvalue weighted by molar-refractivity contribution is -0.132. The number of hydrogen-bond acceptors (Lipinski definition) is 3. The van der Waals surface area contributed by atoms with Crippen LogP contribution in [-0.2, 0) is 9.53 Å². The summed E-state index contributed by atoms with van der Waals surface area (Å²) in [6.45, 7) is 3.26. The van der Waals surface area contributed by atoms with Crippen LogP contribution < -0.4 is 0 Å². The summed E-state index contributed by atoms with van der Waals surface area (Å²) >= 11 is 0. The van der Waals surface area contributed by atoms with Gasteiger partial charge in [-0.05, 0) is 23.8 Å². The van der Waals surface area contributed by atoms with Crippen molar-refractivity contribution in [3.8, 4) is 5.75 Å². The van der Waals surface area contributed by atoms with Gasteiger partial charge in [0, 0.05) is 6.08 Å². The van der Waals surface area contributed by atoms with Crippen molar-refractivity contribution in [3.05, 3.63) is 48.7 Å². The molecule has 0 heterocycles. The number of benzene rings is 1. The molecule has 0 fully saturated rings. The zero-order chi connectivity index (χ0) is 10.4. The van der Waals surface area contributed by atoms with E-state index in [1.807, 2.05) is 0 Å². The standard InChI is InChI=1S/C11H10O3/c1-2-14-11(13)8-5-9-3-6-10(12)7-4-9/h2-8,12H,1H2. The third-order valence-corrected chi connectivity index (χ3v) is 1.50. The summed E-state index contributed by atoms with van der Waals surface area (Å²) in [4.78, 5) is 10.9. The fourth-order valence-electron chi connectivity index (χ4n) is 0.871. The fraction of sp³-hybridized carbons (Fsp3) is 0. The third-order valence-electron chi connectivity index (χ3n) is 1.50. The van der Waals surface area contributed by atoms with Crippen molar-refractivity contribution < 1.29 is 14.6 Å². The second-order valence-corrected chi connectivity index (χ2v) is 2.53. The summed E-state index contributed by atoms with van der Waals surface area (Å²) < 4.78 is 4.48. The Labute approximate surface area is 81.9 Å². The van der Waals surface area contributed by atoms with E-state index in [1.165, 1.54) is 6.08 Å². The van der Waals surface area contributed by atoms with Crippen molar-refractivity contribution in [2.24, 2.45) is 0 Å². The van der Waals surface area contributed by atoms with Crippen molar-refractivity contribution >= 4 is 12.0 Å². The molecule has 0 aromatic heterocycles. The van der Waals surface area contributed by atoms with E-state index >= 15 is 0 Å². The lowest BCUT2D eigenvalue weighted by Gasteiger charge is -1.93. The molecule has 0 saturated heterocycles. The number of esters is 1. The largest absolute Gasteiger partial charge is 0.508 e. The Morgan fingerprint density at radius 3 is 2.57 bits per heavy atom. The molecule has 72 valence electrons. The van der Waals surface area contributed by atoms with Gasteiger partial charge >= 0.3 is 5.97 Å². The van der Waals surface area contributed by atoms with Gasteiger partial charge in [-0.25, -0.2) is 4.79 Å². The fourth-order valence-corrected chi connectivity index (χ4v) is 0.871. The van der Waals surface area contributed by atoms with Crippen LogP contribution >= 0.6 is 0 Å². The molecule has 3 nitrogen and oxygen atoms in total. The Hall–Kier alpha value is -2.03. The van der Waals surface area contributed by atoms with Crippen molar-refractivity contribution in [2.75, 3.05) is 0 Å². The molecule has 0 amide bonds. The minimum Gasteiger partial charge on any atom is -0.508 e. The molecule has 0 aliphatic rings. The van der Waals surface area contributed by atoms with Crippen LogP contribution in [0.25, 0.3) is 6.08 Å². The first-order valence-corrected chi connectivity index (χ1v) is 4.01. The first kappa shape index (κ1) is 10.1. The summed E-state index contributed by atoms with van der Waals surface area (Å²) in [5, 5.41) is 8.99. The molecule has 0 aliphatic carbocycles. The molecule has 14 heavy (non-hydrogen) atoms. The monoisotopic (exact) mass is 190 g/mol. The van der Waals surface area contributed by atoms with E-state index in [0.29, 0.717) is 0 Å². The molecule has 0 unspecified atom stereocenters. The van der Waals surface area contributed by atoms with Gasteiger partial charge in [-0.3, -0.25) is 0 Å². The number of carbonyl (C=O) groups excluding carboxylic acids is 1. The van der Waals surface area contributed by atoms with E-state index in [4.69, 9.17) is 5.11 Å². The first-order chi connectivity index (χ1) is 6.72. The van der Waals surface area contributed by atoms with Crippen molar-refractivity contribution in [1.29, 1.82) is 0 Å². The lowest BCUT2D eigenvalue weighted by atomic mass is 10.2. The molecule has 0 radical (unpaired) electrons. The Morgan fingerprint density at radius 2 is 2.00 bits per heavy atom. The number of ether oxygens (including phenoxy) is 1. The van der Waals surface area contributed by atoms with Gasteiger partial charge in [-0.15, -0.1) is 0 Å². The highest BCUT2D eigenvalue weighted by Gasteiger charge is 1.92. The van der Waals surface area contributed by atoms with Crippen LogP contribution in [0.5, 0.6) is 5.75 Å². The van der Waals surface area contributed by atoms with Gasteiger partial charge in [-0.2, -0.15) is 0 Å². The van der Waals surface area contributed by atoms with E-state index < -0.39 is 5.97 Å². The topological polar surface area (TPSA) is 46.5 Å². The number of hydrogen-bond donors (Lipinski definition) is 1. The van der Waals surface area contributed by atoms with E-state index in [-0.39, 0.29) is 5.75 Å². The molecule has 1 N–H and O–H groups in total. The van der Waals surface area contributed by atoms with Crippen LogP contribution in [0.4, 0.5) is 0 Å². The third kappa shape index (κ3) is 3.15. The van der Waals surface area contributed by atoms with Gasteiger partial charge in [0.15, 0.2) is 0 Å². The lowest BCUT2D eigenvalue weighted by Crippen LogP contribution is -1.92. The van der Waals surface area contributed by atoms with Gasteiger partial charge in [0.25, 0.3) is 0 Å². The van der Waals surface area contributed by atoms with Gasteiger partial charge in [-0.1, -0.05) is 18.7 Å². The Morgan fingerprint density at radius 1 is 1.36 bits per heavy atom. The van der Waals surface area contributed by atoms with Crippen molar-refractivity contribution in [2.45, 2.75) is 0 Å². The minimum absolute atomic E-state index is 0.191. The number of phenols is 1. The van der Waals surface area contributed by atoms with Gasteiger partial charge in [0.2, 0.25) is 0 Å². The molecule has 0 atom stereocenters. The molecular weight excluding hydrogens is 180 g/mol. The number of phenolic OH excluding ortho intramolecular Hbond substituents is 1. The van der Waals surface area contributed by atoms with Crippen LogP contribution in [0.2, 0.25) is 0 Å². The SMILES string of the molecule is C=COC(=O)C=Cc1ccc(O)cc1. The Kier molecular flexibility index (Phi) is 3.49. The molecule has 3 heteroatoms. The second kappa shape index (κ2) is 4.87. The highest BCUT2D eigenvalue weighted by molar-refractivity contribution is 5.87. The average molecular weight is 190 g/mol. The normalized spacial score (nSPS) is 10.0. The van der Waals surface area contributed by atoms with Crippen LogP contribution in [0.15, 0.2) is 43.2 Å². The summed E-state index contributed by atoms with van der Waals surface area (Å²) in [6.07, 6.45) is 3.95. The maximum atomic E-state index is 10.9. The van der Waals surface area contributed by atoms with E-state index in [0.717, 1.165) is 11.8 Å². The highest BCUT2D eigenvalue weighted by Crippen LogP contribution is 2.10. The van der Waals surface area contributed by atoms with E-state index in [1.54, 1.807) is 30.3 Å². The van der Waals surface area contributed by atoms with Crippen LogP contribution in [0, 0.1) is 0 Å².